The van der Waals surface area contributed by atoms with Gasteiger partial charge < -0.3 is 0 Å². The largest absolute Gasteiger partial charge is 0.277 e. The standard InChI is InChI=1S/C20H17NO2/c1-23-21-20(22)18-14-8-13-17(15-9-4-2-5-10-15)19(18)16-11-6-3-7-12-16/h2-14H,1H3,(H,21,22). The molecular formula is C20H17NO2. The van der Waals surface area contributed by atoms with Gasteiger partial charge in [-0.2, -0.15) is 0 Å². The van der Waals surface area contributed by atoms with E-state index in [4.69, 9.17) is 4.84 Å². The number of rotatable bonds is 4. The molecule has 3 rings (SSSR count). The zero-order valence-corrected chi connectivity index (χ0v) is 12.8. The molecule has 0 aliphatic heterocycles. The molecule has 0 aliphatic rings. The lowest BCUT2D eigenvalue weighted by atomic mass is 9.90. The van der Waals surface area contributed by atoms with Gasteiger partial charge in [0, 0.05) is 11.1 Å². The molecule has 0 saturated heterocycles. The molecule has 0 heterocycles. The molecule has 1 amide bonds. The molecule has 3 aromatic rings. The molecule has 1 N–H and O–H groups in total. The Kier molecular flexibility index (Phi) is 4.50. The third-order valence-electron chi connectivity index (χ3n) is 3.65. The zero-order valence-electron chi connectivity index (χ0n) is 12.8. The molecule has 3 aromatic carbocycles. The van der Waals surface area contributed by atoms with E-state index in [0.29, 0.717) is 5.56 Å². The summed E-state index contributed by atoms with van der Waals surface area (Å²) in [5.41, 5.74) is 6.97. The van der Waals surface area contributed by atoms with Gasteiger partial charge in [-0.25, -0.2) is 5.48 Å². The topological polar surface area (TPSA) is 38.3 Å². The Balaban J connectivity index is 2.25. The molecule has 0 aliphatic carbocycles. The fraction of sp³-hybridized carbons (Fsp3) is 0.0500. The van der Waals surface area contributed by atoms with Gasteiger partial charge in [0.25, 0.3) is 5.91 Å². The normalized spacial score (nSPS) is 10.3. The van der Waals surface area contributed by atoms with Crippen molar-refractivity contribution in [3.63, 3.8) is 0 Å². The molecule has 0 spiro atoms. The minimum Gasteiger partial charge on any atom is -0.277 e. The number of hydroxylamine groups is 1. The Bertz CT molecular complexity index is 798. The smallest absolute Gasteiger partial charge is 0.275 e. The third kappa shape index (κ3) is 3.15. The molecule has 0 fully saturated rings. The molecule has 0 saturated carbocycles. The molecule has 0 aromatic heterocycles. The van der Waals surface area contributed by atoms with E-state index >= 15 is 0 Å². The van der Waals surface area contributed by atoms with Crippen molar-refractivity contribution >= 4 is 5.91 Å². The van der Waals surface area contributed by atoms with Crippen LogP contribution in [-0.4, -0.2) is 13.0 Å². The van der Waals surface area contributed by atoms with Crippen LogP contribution < -0.4 is 5.48 Å². The molecule has 0 atom stereocenters. The number of nitrogens with one attached hydrogen (secondary N) is 1. The summed E-state index contributed by atoms with van der Waals surface area (Å²) >= 11 is 0. The molecule has 0 bridgehead atoms. The summed E-state index contributed by atoms with van der Waals surface area (Å²) in [6.45, 7) is 0. The summed E-state index contributed by atoms with van der Waals surface area (Å²) < 4.78 is 0. The maximum absolute atomic E-state index is 12.4. The number of benzene rings is 3. The second kappa shape index (κ2) is 6.90. The summed E-state index contributed by atoms with van der Waals surface area (Å²) in [5.74, 6) is -0.260. The van der Waals surface area contributed by atoms with E-state index < -0.39 is 0 Å². The van der Waals surface area contributed by atoms with Crippen molar-refractivity contribution in [3.8, 4) is 22.3 Å². The monoisotopic (exact) mass is 303 g/mol. The van der Waals surface area contributed by atoms with Crippen LogP contribution in [0.4, 0.5) is 0 Å². The fourth-order valence-corrected chi connectivity index (χ4v) is 2.66. The number of carbonyl (C=O) groups is 1. The Morgan fingerprint density at radius 2 is 1.39 bits per heavy atom. The van der Waals surface area contributed by atoms with Gasteiger partial charge in [0.1, 0.15) is 0 Å². The second-order valence-corrected chi connectivity index (χ2v) is 5.10. The number of amides is 1. The van der Waals surface area contributed by atoms with Crippen molar-refractivity contribution in [2.75, 3.05) is 7.11 Å². The molecule has 23 heavy (non-hydrogen) atoms. The highest BCUT2D eigenvalue weighted by Gasteiger charge is 2.17. The first-order valence-corrected chi connectivity index (χ1v) is 7.38. The third-order valence-corrected chi connectivity index (χ3v) is 3.65. The van der Waals surface area contributed by atoms with Crippen molar-refractivity contribution in [1.82, 2.24) is 5.48 Å². The van der Waals surface area contributed by atoms with E-state index in [2.05, 4.69) is 5.48 Å². The van der Waals surface area contributed by atoms with Crippen molar-refractivity contribution < 1.29 is 9.63 Å². The Labute approximate surface area is 135 Å². The molecule has 3 nitrogen and oxygen atoms in total. The maximum atomic E-state index is 12.4. The molecule has 114 valence electrons. The number of hydrogen-bond donors (Lipinski definition) is 1. The van der Waals surface area contributed by atoms with Crippen LogP contribution in [0.5, 0.6) is 0 Å². The SMILES string of the molecule is CONC(=O)c1cccc(-c2ccccc2)c1-c1ccccc1. The van der Waals surface area contributed by atoms with Gasteiger partial charge in [-0.15, -0.1) is 0 Å². The summed E-state index contributed by atoms with van der Waals surface area (Å²) in [6.07, 6.45) is 0. The molecule has 0 radical (unpaired) electrons. The van der Waals surface area contributed by atoms with E-state index in [0.717, 1.165) is 22.3 Å². The van der Waals surface area contributed by atoms with Crippen molar-refractivity contribution in [3.05, 3.63) is 84.4 Å². The highest BCUT2D eigenvalue weighted by atomic mass is 16.6. The van der Waals surface area contributed by atoms with Crippen molar-refractivity contribution in [2.45, 2.75) is 0 Å². The van der Waals surface area contributed by atoms with E-state index in [1.807, 2.05) is 78.9 Å². The summed E-state index contributed by atoms with van der Waals surface area (Å²) in [6, 6.07) is 25.7. The van der Waals surface area contributed by atoms with Gasteiger partial charge in [0.05, 0.1) is 7.11 Å². The Morgan fingerprint density at radius 1 is 0.783 bits per heavy atom. The summed E-state index contributed by atoms with van der Waals surface area (Å²) in [5, 5.41) is 0. The number of carbonyl (C=O) groups excluding carboxylic acids is 1. The van der Waals surface area contributed by atoms with Crippen LogP contribution in [-0.2, 0) is 4.84 Å². The summed E-state index contributed by atoms with van der Waals surface area (Å²) in [4.78, 5) is 17.2. The Morgan fingerprint density at radius 3 is 2.00 bits per heavy atom. The average molecular weight is 303 g/mol. The minimum atomic E-state index is -0.260. The van der Waals surface area contributed by atoms with Crippen LogP contribution in [0.3, 0.4) is 0 Å². The first-order chi connectivity index (χ1) is 11.3. The lowest BCUT2D eigenvalue weighted by Gasteiger charge is -2.15. The predicted octanol–water partition coefficient (Wildman–Crippen LogP) is 4.31. The quantitative estimate of drug-likeness (QED) is 0.729. The van der Waals surface area contributed by atoms with Crippen LogP contribution in [0.2, 0.25) is 0 Å². The van der Waals surface area contributed by atoms with Gasteiger partial charge in [0.2, 0.25) is 0 Å². The average Bonchev–Trinajstić information content (AvgIpc) is 2.63. The van der Waals surface area contributed by atoms with Crippen LogP contribution >= 0.6 is 0 Å². The van der Waals surface area contributed by atoms with Crippen LogP contribution in [0, 0.1) is 0 Å². The zero-order chi connectivity index (χ0) is 16.1. The lowest BCUT2D eigenvalue weighted by Crippen LogP contribution is -2.22. The molecular weight excluding hydrogens is 286 g/mol. The first-order valence-electron chi connectivity index (χ1n) is 7.38. The van der Waals surface area contributed by atoms with E-state index in [9.17, 15) is 4.79 Å². The van der Waals surface area contributed by atoms with Gasteiger partial charge in [-0.05, 0) is 22.8 Å². The van der Waals surface area contributed by atoms with Crippen LogP contribution in [0.15, 0.2) is 78.9 Å². The highest BCUT2D eigenvalue weighted by molar-refractivity contribution is 6.04. The first kappa shape index (κ1) is 15.0. The molecule has 0 unspecified atom stereocenters. The van der Waals surface area contributed by atoms with E-state index in [-0.39, 0.29) is 5.91 Å². The highest BCUT2D eigenvalue weighted by Crippen LogP contribution is 2.34. The van der Waals surface area contributed by atoms with Gasteiger partial charge in [-0.3, -0.25) is 9.63 Å². The van der Waals surface area contributed by atoms with E-state index in [1.165, 1.54) is 7.11 Å². The Hall–Kier alpha value is -2.91. The lowest BCUT2D eigenvalue weighted by molar-refractivity contribution is 0.0538. The van der Waals surface area contributed by atoms with Gasteiger partial charge in [0.15, 0.2) is 0 Å². The van der Waals surface area contributed by atoms with Crippen molar-refractivity contribution in [1.29, 1.82) is 0 Å². The minimum absolute atomic E-state index is 0.260. The molecule has 3 heteroatoms. The summed E-state index contributed by atoms with van der Waals surface area (Å²) in [7, 11) is 1.43. The van der Waals surface area contributed by atoms with Crippen LogP contribution in [0.25, 0.3) is 22.3 Å². The predicted molar refractivity (Wildman–Crippen MR) is 91.8 cm³/mol. The van der Waals surface area contributed by atoms with Gasteiger partial charge in [-0.1, -0.05) is 72.8 Å². The fourth-order valence-electron chi connectivity index (χ4n) is 2.66. The maximum Gasteiger partial charge on any atom is 0.275 e. The van der Waals surface area contributed by atoms with Crippen LogP contribution in [0.1, 0.15) is 10.4 Å². The second-order valence-electron chi connectivity index (χ2n) is 5.10. The number of hydrogen-bond acceptors (Lipinski definition) is 2. The van der Waals surface area contributed by atoms with E-state index in [1.54, 1.807) is 0 Å². The van der Waals surface area contributed by atoms with Crippen molar-refractivity contribution in [2.24, 2.45) is 0 Å². The van der Waals surface area contributed by atoms with Gasteiger partial charge >= 0.3 is 0 Å².